The Hall–Kier alpha value is -1.02. The van der Waals surface area contributed by atoms with Gasteiger partial charge in [0.2, 0.25) is 0 Å². The molecule has 0 unspecified atom stereocenters. The lowest BCUT2D eigenvalue weighted by Crippen LogP contribution is -2.10. The lowest BCUT2D eigenvalue weighted by molar-refractivity contribution is 0.458. The van der Waals surface area contributed by atoms with Crippen molar-refractivity contribution in [3.63, 3.8) is 0 Å². The zero-order valence-electron chi connectivity index (χ0n) is 12.8. The maximum Gasteiger partial charge on any atom is 0.121 e. The molecule has 0 radical (unpaired) electrons. The molecule has 1 aromatic rings. The van der Waals surface area contributed by atoms with Gasteiger partial charge < -0.3 is 10.4 Å². The van der Waals surface area contributed by atoms with Crippen molar-refractivity contribution < 1.29 is 5.11 Å². The van der Waals surface area contributed by atoms with E-state index in [1.54, 1.807) is 0 Å². The van der Waals surface area contributed by atoms with Crippen LogP contribution in [0.3, 0.4) is 0 Å². The van der Waals surface area contributed by atoms with Gasteiger partial charge in [-0.15, -0.1) is 0 Å². The molecule has 108 valence electrons. The van der Waals surface area contributed by atoms with E-state index in [-0.39, 0.29) is 0 Å². The van der Waals surface area contributed by atoms with E-state index in [1.165, 1.54) is 18.4 Å². The lowest BCUT2D eigenvalue weighted by atomic mass is 9.96. The molecule has 0 atom stereocenters. The zero-order valence-corrected chi connectivity index (χ0v) is 12.8. The Balaban J connectivity index is 2.92. The molecule has 0 aromatic heterocycles. The van der Waals surface area contributed by atoms with E-state index in [2.05, 4.69) is 31.3 Å². The van der Waals surface area contributed by atoms with Gasteiger partial charge in [-0.2, -0.15) is 0 Å². The fourth-order valence-corrected chi connectivity index (χ4v) is 2.36. The minimum Gasteiger partial charge on any atom is -0.507 e. The third-order valence-electron chi connectivity index (χ3n) is 3.59. The van der Waals surface area contributed by atoms with E-state index in [4.69, 9.17) is 0 Å². The maximum absolute atomic E-state index is 10.4. The summed E-state index contributed by atoms with van der Waals surface area (Å²) in [6.07, 6.45) is 7.67. The molecule has 0 spiro atoms. The molecule has 0 fully saturated rings. The first-order valence-electron chi connectivity index (χ1n) is 7.71. The van der Waals surface area contributed by atoms with Gasteiger partial charge in [0.1, 0.15) is 5.75 Å². The van der Waals surface area contributed by atoms with Crippen molar-refractivity contribution in [2.75, 3.05) is 13.6 Å². The third-order valence-corrected chi connectivity index (χ3v) is 3.59. The maximum atomic E-state index is 10.4. The standard InChI is InChI=1S/C17H29NO/c1-4-6-8-15-12-14(10-11-18-3)13-16(17(15)19)9-7-5-2/h12-13,18-19H,4-11H2,1-3H3. The van der Waals surface area contributed by atoms with Crippen LogP contribution in [0.2, 0.25) is 0 Å². The van der Waals surface area contributed by atoms with Gasteiger partial charge in [-0.1, -0.05) is 38.8 Å². The molecule has 0 aliphatic carbocycles. The summed E-state index contributed by atoms with van der Waals surface area (Å²) in [6, 6.07) is 4.38. The Bertz CT molecular complexity index is 345. The second kappa shape index (κ2) is 8.98. The summed E-state index contributed by atoms with van der Waals surface area (Å²) in [5.74, 6) is 0.551. The molecule has 2 heteroatoms. The first kappa shape index (κ1) is 16.0. The predicted molar refractivity (Wildman–Crippen MR) is 83.0 cm³/mol. The Morgan fingerprint density at radius 1 is 0.947 bits per heavy atom. The predicted octanol–water partition coefficient (Wildman–Crippen LogP) is 3.84. The van der Waals surface area contributed by atoms with Crippen molar-refractivity contribution in [3.05, 3.63) is 28.8 Å². The van der Waals surface area contributed by atoms with Gasteiger partial charge >= 0.3 is 0 Å². The van der Waals surface area contributed by atoms with Crippen LogP contribution in [0.4, 0.5) is 0 Å². The molecule has 1 aromatic carbocycles. The van der Waals surface area contributed by atoms with Crippen molar-refractivity contribution in [1.82, 2.24) is 5.32 Å². The monoisotopic (exact) mass is 263 g/mol. The molecule has 0 amide bonds. The molecule has 2 nitrogen and oxygen atoms in total. The Morgan fingerprint density at radius 2 is 1.47 bits per heavy atom. The first-order valence-corrected chi connectivity index (χ1v) is 7.71. The summed E-state index contributed by atoms with van der Waals surface area (Å²) in [6.45, 7) is 5.38. The number of benzene rings is 1. The van der Waals surface area contributed by atoms with E-state index < -0.39 is 0 Å². The van der Waals surface area contributed by atoms with Crippen LogP contribution in [0.1, 0.15) is 56.2 Å². The van der Waals surface area contributed by atoms with Gasteiger partial charge in [-0.3, -0.25) is 0 Å². The third kappa shape index (κ3) is 5.23. The van der Waals surface area contributed by atoms with Crippen LogP contribution in [-0.2, 0) is 19.3 Å². The van der Waals surface area contributed by atoms with Crippen molar-refractivity contribution in [2.24, 2.45) is 0 Å². The molecule has 1 rings (SSSR count). The van der Waals surface area contributed by atoms with E-state index in [0.717, 1.165) is 49.8 Å². The fraction of sp³-hybridized carbons (Fsp3) is 0.647. The van der Waals surface area contributed by atoms with Gasteiger partial charge in [0.25, 0.3) is 0 Å². The minimum absolute atomic E-state index is 0.551. The van der Waals surface area contributed by atoms with Crippen LogP contribution in [0.5, 0.6) is 5.75 Å². The number of aryl methyl sites for hydroxylation is 2. The van der Waals surface area contributed by atoms with Gasteiger partial charge in [0.15, 0.2) is 0 Å². The number of rotatable bonds is 9. The number of phenols is 1. The highest BCUT2D eigenvalue weighted by Gasteiger charge is 2.09. The normalized spacial score (nSPS) is 10.9. The van der Waals surface area contributed by atoms with Crippen LogP contribution < -0.4 is 5.32 Å². The van der Waals surface area contributed by atoms with Crippen LogP contribution in [0.15, 0.2) is 12.1 Å². The van der Waals surface area contributed by atoms with Crippen molar-refractivity contribution in [2.45, 2.75) is 58.8 Å². The molecule has 0 aliphatic heterocycles. The summed E-state index contributed by atoms with van der Waals surface area (Å²) in [5, 5.41) is 13.6. The highest BCUT2D eigenvalue weighted by Crippen LogP contribution is 2.28. The SMILES string of the molecule is CCCCc1cc(CCNC)cc(CCCC)c1O. The highest BCUT2D eigenvalue weighted by atomic mass is 16.3. The minimum atomic E-state index is 0.551. The van der Waals surface area contributed by atoms with Crippen molar-refractivity contribution in [3.8, 4) is 5.75 Å². The Kier molecular flexibility index (Phi) is 7.57. The number of likely N-dealkylation sites (N-methyl/N-ethyl adjacent to an activating group) is 1. The van der Waals surface area contributed by atoms with Gasteiger partial charge in [-0.25, -0.2) is 0 Å². The Morgan fingerprint density at radius 3 is 1.89 bits per heavy atom. The molecule has 0 saturated heterocycles. The smallest absolute Gasteiger partial charge is 0.121 e. The van der Waals surface area contributed by atoms with Crippen LogP contribution in [0, 0.1) is 0 Å². The van der Waals surface area contributed by atoms with Gasteiger partial charge in [-0.05, 0) is 62.4 Å². The van der Waals surface area contributed by atoms with E-state index in [1.807, 2.05) is 7.05 Å². The number of hydrogen-bond acceptors (Lipinski definition) is 2. The molecule has 0 heterocycles. The summed E-state index contributed by atoms with van der Waals surface area (Å²) < 4.78 is 0. The van der Waals surface area contributed by atoms with Gasteiger partial charge in [0.05, 0.1) is 0 Å². The van der Waals surface area contributed by atoms with Crippen LogP contribution >= 0.6 is 0 Å². The highest BCUT2D eigenvalue weighted by molar-refractivity contribution is 5.44. The number of aromatic hydroxyl groups is 1. The number of nitrogens with one attached hydrogen (secondary N) is 1. The van der Waals surface area contributed by atoms with Crippen molar-refractivity contribution in [1.29, 1.82) is 0 Å². The zero-order chi connectivity index (χ0) is 14.1. The van der Waals surface area contributed by atoms with E-state index in [9.17, 15) is 5.11 Å². The Labute approximate surface area is 118 Å². The summed E-state index contributed by atoms with van der Waals surface area (Å²) >= 11 is 0. The lowest BCUT2D eigenvalue weighted by Gasteiger charge is -2.13. The number of hydrogen-bond donors (Lipinski definition) is 2. The number of phenolic OH excluding ortho intramolecular Hbond substituents is 1. The average Bonchev–Trinajstić information content (AvgIpc) is 2.43. The topological polar surface area (TPSA) is 32.3 Å². The van der Waals surface area contributed by atoms with E-state index in [0.29, 0.717) is 5.75 Å². The summed E-state index contributed by atoms with van der Waals surface area (Å²) in [5.41, 5.74) is 3.63. The number of unbranched alkanes of at least 4 members (excludes halogenated alkanes) is 2. The molecule has 19 heavy (non-hydrogen) atoms. The molecule has 2 N–H and O–H groups in total. The summed E-state index contributed by atoms with van der Waals surface area (Å²) in [7, 11) is 1.98. The molecule has 0 bridgehead atoms. The summed E-state index contributed by atoms with van der Waals surface area (Å²) in [4.78, 5) is 0. The van der Waals surface area contributed by atoms with E-state index >= 15 is 0 Å². The molecular weight excluding hydrogens is 234 g/mol. The van der Waals surface area contributed by atoms with Gasteiger partial charge in [0, 0.05) is 0 Å². The quantitative estimate of drug-likeness (QED) is 0.709. The van der Waals surface area contributed by atoms with Crippen molar-refractivity contribution >= 4 is 0 Å². The first-order chi connectivity index (χ1) is 9.22. The molecular formula is C17H29NO. The largest absolute Gasteiger partial charge is 0.507 e. The average molecular weight is 263 g/mol. The fourth-order valence-electron chi connectivity index (χ4n) is 2.36. The molecule has 0 saturated carbocycles. The van der Waals surface area contributed by atoms with Crippen LogP contribution in [-0.4, -0.2) is 18.7 Å². The second-order valence-electron chi connectivity index (χ2n) is 5.32. The second-order valence-corrected chi connectivity index (χ2v) is 5.32. The van der Waals surface area contributed by atoms with Crippen LogP contribution in [0.25, 0.3) is 0 Å². The molecule has 0 aliphatic rings.